The lowest BCUT2D eigenvalue weighted by molar-refractivity contribution is 0.318. The van der Waals surface area contributed by atoms with Crippen LogP contribution in [0.3, 0.4) is 0 Å². The molecular weight excluding hydrogens is 152 g/mol. The van der Waals surface area contributed by atoms with Crippen LogP contribution in [-0.2, 0) is 0 Å². The Morgan fingerprint density at radius 2 is 2.17 bits per heavy atom. The molecule has 0 aliphatic heterocycles. The number of oxime groups is 1. The van der Waals surface area contributed by atoms with Gasteiger partial charge in [-0.1, -0.05) is 30.3 Å². The second-order valence-electron chi connectivity index (χ2n) is 2.49. The first kappa shape index (κ1) is 8.59. The number of hydrogen-bond acceptors (Lipinski definition) is 3. The Hall–Kier alpha value is -1.51. The first-order valence-electron chi connectivity index (χ1n) is 3.85. The van der Waals surface area contributed by atoms with E-state index >= 15 is 0 Å². The maximum atomic E-state index is 8.64. The van der Waals surface area contributed by atoms with Crippen LogP contribution in [0.25, 0.3) is 0 Å². The molecule has 0 heterocycles. The summed E-state index contributed by atoms with van der Waals surface area (Å²) in [7, 11) is 0. The predicted molar refractivity (Wildman–Crippen MR) is 49.5 cm³/mol. The van der Waals surface area contributed by atoms with Gasteiger partial charge in [-0.15, -0.1) is 0 Å². The van der Waals surface area contributed by atoms with E-state index in [-0.39, 0.29) is 0 Å². The highest BCUT2D eigenvalue weighted by Gasteiger charge is 2.03. The maximum absolute atomic E-state index is 8.64. The predicted octanol–water partition coefficient (Wildman–Crippen LogP) is 1.86. The smallest absolute Gasteiger partial charge is 0.0885 e. The van der Waals surface area contributed by atoms with Crippen molar-refractivity contribution >= 4 is 11.4 Å². The van der Waals surface area contributed by atoms with E-state index in [9.17, 15) is 0 Å². The van der Waals surface area contributed by atoms with Gasteiger partial charge >= 0.3 is 0 Å². The van der Waals surface area contributed by atoms with Crippen molar-refractivity contribution < 1.29 is 5.21 Å². The summed E-state index contributed by atoms with van der Waals surface area (Å²) in [5.74, 6) is 0. The first-order chi connectivity index (χ1) is 5.79. The van der Waals surface area contributed by atoms with Crippen molar-refractivity contribution in [2.75, 3.05) is 5.73 Å². The van der Waals surface area contributed by atoms with E-state index < -0.39 is 0 Å². The fourth-order valence-corrected chi connectivity index (χ4v) is 1.07. The van der Waals surface area contributed by atoms with E-state index in [1.807, 2.05) is 25.1 Å². The molecule has 0 aromatic heterocycles. The van der Waals surface area contributed by atoms with E-state index in [1.165, 1.54) is 0 Å². The van der Waals surface area contributed by atoms with Crippen LogP contribution < -0.4 is 5.73 Å². The highest BCUT2D eigenvalue weighted by molar-refractivity contribution is 6.04. The van der Waals surface area contributed by atoms with Gasteiger partial charge in [-0.05, 0) is 12.5 Å². The Kier molecular flexibility index (Phi) is 2.69. The number of rotatable bonds is 2. The van der Waals surface area contributed by atoms with Crippen molar-refractivity contribution in [2.45, 2.75) is 13.3 Å². The van der Waals surface area contributed by atoms with Crippen LogP contribution in [0.1, 0.15) is 18.9 Å². The number of para-hydroxylation sites is 1. The Morgan fingerprint density at radius 3 is 2.67 bits per heavy atom. The molecule has 3 N–H and O–H groups in total. The van der Waals surface area contributed by atoms with Gasteiger partial charge < -0.3 is 10.9 Å². The fourth-order valence-electron chi connectivity index (χ4n) is 1.07. The Labute approximate surface area is 71.5 Å². The molecule has 0 aliphatic rings. The van der Waals surface area contributed by atoms with E-state index in [0.29, 0.717) is 17.8 Å². The minimum absolute atomic E-state index is 0.619. The highest BCUT2D eigenvalue weighted by atomic mass is 16.4. The number of anilines is 1. The zero-order valence-electron chi connectivity index (χ0n) is 6.99. The van der Waals surface area contributed by atoms with Gasteiger partial charge in [0.15, 0.2) is 0 Å². The molecule has 1 aromatic rings. The summed E-state index contributed by atoms with van der Waals surface area (Å²) >= 11 is 0. The molecule has 0 saturated heterocycles. The topological polar surface area (TPSA) is 58.6 Å². The van der Waals surface area contributed by atoms with Gasteiger partial charge in [0.2, 0.25) is 0 Å². The molecular formula is C9H12N2O. The Bertz CT molecular complexity index is 294. The van der Waals surface area contributed by atoms with Crippen molar-refractivity contribution in [2.24, 2.45) is 5.16 Å². The van der Waals surface area contributed by atoms with E-state index in [0.717, 1.165) is 5.56 Å². The maximum Gasteiger partial charge on any atom is 0.0885 e. The number of nitrogen functional groups attached to an aromatic ring is 1. The molecule has 1 aromatic carbocycles. The summed E-state index contributed by atoms with van der Waals surface area (Å²) in [6.45, 7) is 1.92. The zero-order valence-corrected chi connectivity index (χ0v) is 6.99. The highest BCUT2D eigenvalue weighted by Crippen LogP contribution is 2.13. The van der Waals surface area contributed by atoms with E-state index in [4.69, 9.17) is 10.9 Å². The van der Waals surface area contributed by atoms with Crippen molar-refractivity contribution in [3.05, 3.63) is 29.8 Å². The number of hydrogen-bond donors (Lipinski definition) is 2. The van der Waals surface area contributed by atoms with Gasteiger partial charge in [0.05, 0.1) is 5.71 Å². The minimum Gasteiger partial charge on any atom is -0.411 e. The summed E-state index contributed by atoms with van der Waals surface area (Å²) in [6, 6.07) is 7.35. The number of benzene rings is 1. The van der Waals surface area contributed by atoms with Crippen LogP contribution in [-0.4, -0.2) is 10.9 Å². The molecule has 12 heavy (non-hydrogen) atoms. The number of nitrogens with two attached hydrogens (primary N) is 1. The second kappa shape index (κ2) is 3.76. The van der Waals surface area contributed by atoms with Crippen LogP contribution in [0.5, 0.6) is 0 Å². The monoisotopic (exact) mass is 164 g/mol. The Balaban J connectivity index is 3.10. The van der Waals surface area contributed by atoms with Crippen LogP contribution in [0, 0.1) is 0 Å². The van der Waals surface area contributed by atoms with Crippen LogP contribution >= 0.6 is 0 Å². The average molecular weight is 164 g/mol. The lowest BCUT2D eigenvalue weighted by Crippen LogP contribution is -2.03. The third kappa shape index (κ3) is 1.56. The molecule has 3 nitrogen and oxygen atoms in total. The van der Waals surface area contributed by atoms with Crippen LogP contribution in [0.15, 0.2) is 29.4 Å². The molecule has 0 fully saturated rings. The summed E-state index contributed by atoms with van der Waals surface area (Å²) in [5, 5.41) is 11.8. The van der Waals surface area contributed by atoms with Gasteiger partial charge in [0, 0.05) is 11.3 Å². The number of nitrogens with zero attached hydrogens (tertiary/aromatic N) is 1. The Morgan fingerprint density at radius 1 is 1.50 bits per heavy atom. The van der Waals surface area contributed by atoms with Gasteiger partial charge in [0.1, 0.15) is 0 Å². The lowest BCUT2D eigenvalue weighted by atomic mass is 10.1. The van der Waals surface area contributed by atoms with Crippen molar-refractivity contribution in [1.29, 1.82) is 0 Å². The summed E-state index contributed by atoms with van der Waals surface area (Å²) in [5.41, 5.74) is 7.75. The third-order valence-corrected chi connectivity index (χ3v) is 1.73. The molecule has 3 heteroatoms. The lowest BCUT2D eigenvalue weighted by Gasteiger charge is -2.03. The summed E-state index contributed by atoms with van der Waals surface area (Å²) in [4.78, 5) is 0. The quantitative estimate of drug-likeness (QED) is 0.303. The van der Waals surface area contributed by atoms with E-state index in [1.54, 1.807) is 6.07 Å². The second-order valence-corrected chi connectivity index (χ2v) is 2.49. The van der Waals surface area contributed by atoms with Crippen LogP contribution in [0.4, 0.5) is 5.69 Å². The van der Waals surface area contributed by atoms with Crippen molar-refractivity contribution in [3.63, 3.8) is 0 Å². The van der Waals surface area contributed by atoms with E-state index in [2.05, 4.69) is 5.16 Å². The molecule has 0 amide bonds. The molecule has 64 valence electrons. The molecule has 1 rings (SSSR count). The van der Waals surface area contributed by atoms with Crippen molar-refractivity contribution in [3.8, 4) is 0 Å². The molecule has 0 radical (unpaired) electrons. The van der Waals surface area contributed by atoms with Gasteiger partial charge in [-0.3, -0.25) is 0 Å². The van der Waals surface area contributed by atoms with Crippen molar-refractivity contribution in [1.82, 2.24) is 0 Å². The summed E-state index contributed by atoms with van der Waals surface area (Å²) in [6.07, 6.45) is 0.671. The van der Waals surface area contributed by atoms with Crippen LogP contribution in [0.2, 0.25) is 0 Å². The largest absolute Gasteiger partial charge is 0.411 e. The molecule has 0 saturated carbocycles. The summed E-state index contributed by atoms with van der Waals surface area (Å²) < 4.78 is 0. The van der Waals surface area contributed by atoms with Gasteiger partial charge in [-0.25, -0.2) is 0 Å². The van der Waals surface area contributed by atoms with Gasteiger partial charge in [-0.2, -0.15) is 0 Å². The fraction of sp³-hybridized carbons (Fsp3) is 0.222. The van der Waals surface area contributed by atoms with Gasteiger partial charge in [0.25, 0.3) is 0 Å². The zero-order chi connectivity index (χ0) is 8.97. The molecule has 0 bridgehead atoms. The average Bonchev–Trinajstić information content (AvgIpc) is 2.10. The molecule has 0 aliphatic carbocycles. The third-order valence-electron chi connectivity index (χ3n) is 1.73. The minimum atomic E-state index is 0.619. The first-order valence-corrected chi connectivity index (χ1v) is 3.85. The molecule has 0 spiro atoms. The molecule has 0 atom stereocenters. The SMILES string of the molecule is CCC(=NO)c1ccccc1N. The standard InChI is InChI=1S/C9H12N2O/c1-2-9(11-12)7-5-3-4-6-8(7)10/h3-6,12H,2,10H2,1H3. The normalized spacial score (nSPS) is 11.6. The molecule has 0 unspecified atom stereocenters.